The standard InChI is InChI=1S/C23H32N4OS/c1-18-6-4-7-19(2)22(18)25-23(29)24-12-5-13-26-14-16-27(17-15-26)20-8-10-21(28-3)11-9-20/h4,6-11H,5,12-17H2,1-3H3,(H2,24,25,29). The van der Waals surface area contributed by atoms with Gasteiger partial charge in [-0.15, -0.1) is 0 Å². The van der Waals surface area contributed by atoms with Crippen LogP contribution in [0.1, 0.15) is 17.5 Å². The highest BCUT2D eigenvalue weighted by Gasteiger charge is 2.16. The molecule has 0 spiro atoms. The average Bonchev–Trinajstić information content (AvgIpc) is 2.74. The molecule has 2 aromatic rings. The van der Waals surface area contributed by atoms with Crippen LogP contribution in [-0.2, 0) is 0 Å². The molecule has 0 aliphatic carbocycles. The van der Waals surface area contributed by atoms with E-state index in [0.717, 1.165) is 57.1 Å². The van der Waals surface area contributed by atoms with Crippen LogP contribution in [0.3, 0.4) is 0 Å². The SMILES string of the molecule is COc1ccc(N2CCN(CCCNC(=S)Nc3c(C)cccc3C)CC2)cc1. The van der Waals surface area contributed by atoms with E-state index in [2.05, 4.69) is 64.6 Å². The smallest absolute Gasteiger partial charge is 0.170 e. The Morgan fingerprint density at radius 3 is 2.28 bits per heavy atom. The van der Waals surface area contributed by atoms with Gasteiger partial charge in [-0.05, 0) is 74.4 Å². The van der Waals surface area contributed by atoms with Gasteiger partial charge in [-0.25, -0.2) is 0 Å². The van der Waals surface area contributed by atoms with Crippen LogP contribution in [0.4, 0.5) is 11.4 Å². The number of rotatable bonds is 7. The maximum absolute atomic E-state index is 5.46. The van der Waals surface area contributed by atoms with E-state index in [-0.39, 0.29) is 0 Å². The van der Waals surface area contributed by atoms with Crippen LogP contribution in [0.25, 0.3) is 0 Å². The molecule has 1 fully saturated rings. The quantitative estimate of drug-likeness (QED) is 0.532. The summed E-state index contributed by atoms with van der Waals surface area (Å²) in [5.41, 5.74) is 4.81. The van der Waals surface area contributed by atoms with Crippen molar-refractivity contribution in [3.05, 3.63) is 53.6 Å². The van der Waals surface area contributed by atoms with E-state index < -0.39 is 0 Å². The average molecular weight is 413 g/mol. The third-order valence-electron chi connectivity index (χ3n) is 5.47. The molecule has 2 N–H and O–H groups in total. The number of hydrogen-bond donors (Lipinski definition) is 2. The Morgan fingerprint density at radius 2 is 1.66 bits per heavy atom. The molecule has 1 aliphatic heterocycles. The number of nitrogens with one attached hydrogen (secondary N) is 2. The molecule has 1 aliphatic rings. The summed E-state index contributed by atoms with van der Waals surface area (Å²) in [7, 11) is 1.70. The zero-order chi connectivity index (χ0) is 20.6. The van der Waals surface area contributed by atoms with Gasteiger partial charge in [0.15, 0.2) is 5.11 Å². The molecule has 0 amide bonds. The number of piperazine rings is 1. The minimum atomic E-state index is 0.701. The summed E-state index contributed by atoms with van der Waals surface area (Å²) >= 11 is 5.46. The molecule has 29 heavy (non-hydrogen) atoms. The molecule has 0 unspecified atom stereocenters. The van der Waals surface area contributed by atoms with Crippen molar-refractivity contribution in [3.8, 4) is 5.75 Å². The normalized spacial score (nSPS) is 14.5. The molecule has 0 bridgehead atoms. The zero-order valence-corrected chi connectivity index (χ0v) is 18.5. The summed E-state index contributed by atoms with van der Waals surface area (Å²) in [6.07, 6.45) is 1.08. The van der Waals surface area contributed by atoms with E-state index in [4.69, 9.17) is 17.0 Å². The molecule has 2 aromatic carbocycles. The highest BCUT2D eigenvalue weighted by molar-refractivity contribution is 7.80. The lowest BCUT2D eigenvalue weighted by molar-refractivity contribution is 0.255. The second-order valence-electron chi connectivity index (χ2n) is 7.53. The van der Waals surface area contributed by atoms with E-state index in [1.807, 2.05) is 12.1 Å². The summed E-state index contributed by atoms with van der Waals surface area (Å²) in [5.74, 6) is 0.907. The lowest BCUT2D eigenvalue weighted by Crippen LogP contribution is -2.47. The fourth-order valence-corrected chi connectivity index (χ4v) is 3.90. The summed E-state index contributed by atoms with van der Waals surface area (Å²) in [6, 6.07) is 14.6. The predicted octanol–water partition coefficient (Wildman–Crippen LogP) is 3.81. The van der Waals surface area contributed by atoms with Crippen LogP contribution in [-0.4, -0.2) is 56.4 Å². The van der Waals surface area contributed by atoms with E-state index in [1.165, 1.54) is 16.8 Å². The molecule has 3 rings (SSSR count). The van der Waals surface area contributed by atoms with Gasteiger partial charge < -0.3 is 20.3 Å². The van der Waals surface area contributed by atoms with Crippen molar-refractivity contribution in [3.63, 3.8) is 0 Å². The van der Waals surface area contributed by atoms with E-state index in [0.29, 0.717) is 5.11 Å². The van der Waals surface area contributed by atoms with Gasteiger partial charge in [-0.2, -0.15) is 0 Å². The number of aryl methyl sites for hydroxylation is 2. The first-order valence-corrected chi connectivity index (χ1v) is 10.7. The minimum absolute atomic E-state index is 0.701. The highest BCUT2D eigenvalue weighted by Crippen LogP contribution is 2.21. The number of methoxy groups -OCH3 is 1. The molecule has 6 heteroatoms. The molecule has 0 saturated carbocycles. The Kier molecular flexibility index (Phi) is 7.72. The molecular formula is C23H32N4OS. The topological polar surface area (TPSA) is 39.8 Å². The second-order valence-corrected chi connectivity index (χ2v) is 7.94. The third kappa shape index (κ3) is 6.08. The van der Waals surface area contributed by atoms with Gasteiger partial charge in [0, 0.05) is 44.1 Å². The third-order valence-corrected chi connectivity index (χ3v) is 5.71. The Labute approximate surface area is 180 Å². The van der Waals surface area contributed by atoms with Crippen molar-refractivity contribution < 1.29 is 4.74 Å². The van der Waals surface area contributed by atoms with Crippen LogP contribution in [0.15, 0.2) is 42.5 Å². The predicted molar refractivity (Wildman–Crippen MR) is 126 cm³/mol. The second kappa shape index (κ2) is 10.5. The first kappa shape index (κ1) is 21.4. The van der Waals surface area contributed by atoms with Crippen molar-refractivity contribution in [2.75, 3.05) is 56.6 Å². The van der Waals surface area contributed by atoms with Gasteiger partial charge in [0.05, 0.1) is 7.11 Å². The Balaban J connectivity index is 1.34. The van der Waals surface area contributed by atoms with Gasteiger partial charge >= 0.3 is 0 Å². The van der Waals surface area contributed by atoms with Crippen LogP contribution < -0.4 is 20.3 Å². The van der Waals surface area contributed by atoms with Gasteiger partial charge in [0.25, 0.3) is 0 Å². The van der Waals surface area contributed by atoms with Crippen LogP contribution in [0.2, 0.25) is 0 Å². The number of anilines is 2. The summed E-state index contributed by atoms with van der Waals surface area (Å²) < 4.78 is 5.24. The van der Waals surface area contributed by atoms with Crippen LogP contribution in [0, 0.1) is 13.8 Å². The fourth-order valence-electron chi connectivity index (χ4n) is 3.70. The van der Waals surface area contributed by atoms with Crippen molar-refractivity contribution in [1.82, 2.24) is 10.2 Å². The first-order chi connectivity index (χ1) is 14.1. The number of benzene rings is 2. The van der Waals surface area contributed by atoms with E-state index in [1.54, 1.807) is 7.11 Å². The van der Waals surface area contributed by atoms with Crippen LogP contribution >= 0.6 is 12.2 Å². The van der Waals surface area contributed by atoms with Gasteiger partial charge in [-0.1, -0.05) is 18.2 Å². The molecular weight excluding hydrogens is 380 g/mol. The Bertz CT molecular complexity index is 781. The van der Waals surface area contributed by atoms with E-state index in [9.17, 15) is 0 Å². The van der Waals surface area contributed by atoms with Crippen molar-refractivity contribution in [2.24, 2.45) is 0 Å². The lowest BCUT2D eigenvalue weighted by atomic mass is 10.1. The fraction of sp³-hybridized carbons (Fsp3) is 0.435. The van der Waals surface area contributed by atoms with Gasteiger partial charge in [0.2, 0.25) is 0 Å². The zero-order valence-electron chi connectivity index (χ0n) is 17.7. The lowest BCUT2D eigenvalue weighted by Gasteiger charge is -2.36. The number of thiocarbonyl (C=S) groups is 1. The molecule has 0 aromatic heterocycles. The molecule has 156 valence electrons. The van der Waals surface area contributed by atoms with Crippen molar-refractivity contribution >= 4 is 28.7 Å². The number of nitrogens with zero attached hydrogens (tertiary/aromatic N) is 2. The molecule has 0 atom stereocenters. The summed E-state index contributed by atoms with van der Waals surface area (Å²) in [6.45, 7) is 10.5. The van der Waals surface area contributed by atoms with Gasteiger partial charge in [0.1, 0.15) is 5.75 Å². The number of para-hydroxylation sites is 1. The molecule has 0 radical (unpaired) electrons. The molecule has 1 heterocycles. The largest absolute Gasteiger partial charge is 0.497 e. The summed E-state index contributed by atoms with van der Waals surface area (Å²) in [4.78, 5) is 4.97. The van der Waals surface area contributed by atoms with Crippen LogP contribution in [0.5, 0.6) is 5.75 Å². The number of hydrogen-bond acceptors (Lipinski definition) is 4. The summed E-state index contributed by atoms with van der Waals surface area (Å²) in [5, 5.41) is 7.38. The molecule has 1 saturated heterocycles. The van der Waals surface area contributed by atoms with Crippen molar-refractivity contribution in [1.29, 1.82) is 0 Å². The Morgan fingerprint density at radius 1 is 1.00 bits per heavy atom. The van der Waals surface area contributed by atoms with E-state index >= 15 is 0 Å². The molecule has 5 nitrogen and oxygen atoms in total. The monoisotopic (exact) mass is 412 g/mol. The number of ether oxygens (including phenoxy) is 1. The highest BCUT2D eigenvalue weighted by atomic mass is 32.1. The minimum Gasteiger partial charge on any atom is -0.497 e. The maximum Gasteiger partial charge on any atom is 0.170 e. The van der Waals surface area contributed by atoms with Gasteiger partial charge in [-0.3, -0.25) is 4.90 Å². The Hall–Kier alpha value is -2.31. The first-order valence-electron chi connectivity index (χ1n) is 10.3. The van der Waals surface area contributed by atoms with Crippen molar-refractivity contribution in [2.45, 2.75) is 20.3 Å². The maximum atomic E-state index is 5.46.